The molecule has 0 aromatic carbocycles. The quantitative estimate of drug-likeness (QED) is 0.713. The number of fused-ring (bicyclic) bond motifs is 4. The molecule has 0 radical (unpaired) electrons. The molecule has 10 nitrogen and oxygen atoms in total. The Hall–Kier alpha value is -2.72. The van der Waals surface area contributed by atoms with E-state index in [1.807, 2.05) is 10.6 Å². The molecule has 176 valence electrons. The number of rotatable bonds is 5. The van der Waals surface area contributed by atoms with Crippen LogP contribution >= 0.6 is 0 Å². The number of anilines is 3. The maximum Gasteiger partial charge on any atom is 0.250 e. The minimum atomic E-state index is 0.103. The maximum absolute atomic E-state index is 12.4. The molecule has 2 bridgehead atoms. The molecule has 2 aromatic rings. The summed E-state index contributed by atoms with van der Waals surface area (Å²) < 4.78 is 13.2. The molecule has 2 aromatic heterocycles. The van der Waals surface area contributed by atoms with Gasteiger partial charge in [0, 0.05) is 63.6 Å². The lowest BCUT2D eigenvalue weighted by Crippen LogP contribution is -2.48. The van der Waals surface area contributed by atoms with E-state index in [2.05, 4.69) is 21.2 Å². The molecule has 3 fully saturated rings. The van der Waals surface area contributed by atoms with Crippen molar-refractivity contribution in [2.45, 2.75) is 37.8 Å². The average molecular weight is 454 g/mol. The van der Waals surface area contributed by atoms with Crippen LogP contribution in [0.5, 0.6) is 0 Å². The van der Waals surface area contributed by atoms with Crippen LogP contribution in [-0.4, -0.2) is 78.2 Å². The van der Waals surface area contributed by atoms with Gasteiger partial charge in [0.25, 0.3) is 5.56 Å². The van der Waals surface area contributed by atoms with Crippen molar-refractivity contribution in [2.75, 3.05) is 67.7 Å². The Morgan fingerprint density at radius 3 is 2.67 bits per heavy atom. The number of pyridine rings is 1. The molecule has 6 heterocycles. The van der Waals surface area contributed by atoms with Gasteiger partial charge < -0.3 is 29.2 Å². The number of nitrogens with zero attached hydrogens (tertiary/aromatic N) is 6. The highest BCUT2D eigenvalue weighted by Crippen LogP contribution is 2.36. The Bertz CT molecular complexity index is 1050. The minimum absolute atomic E-state index is 0.103. The van der Waals surface area contributed by atoms with E-state index in [1.165, 1.54) is 0 Å². The highest BCUT2D eigenvalue weighted by Gasteiger charge is 2.36. The Morgan fingerprint density at radius 1 is 1.00 bits per heavy atom. The largest absolute Gasteiger partial charge is 0.378 e. The zero-order valence-corrected chi connectivity index (χ0v) is 18.9. The molecule has 10 heteroatoms. The first kappa shape index (κ1) is 20.9. The third-order valence-electron chi connectivity index (χ3n) is 7.18. The van der Waals surface area contributed by atoms with Gasteiger partial charge in [0.1, 0.15) is 0 Å². The number of nitrogens with one attached hydrogen (secondary N) is 1. The van der Waals surface area contributed by atoms with Crippen molar-refractivity contribution in [1.82, 2.24) is 19.5 Å². The van der Waals surface area contributed by atoms with Crippen molar-refractivity contribution in [1.29, 1.82) is 0 Å². The maximum atomic E-state index is 12.4. The molecule has 3 atom stereocenters. The SMILES string of the molecule is O=c1cccc2n1C[C@@H]1C[C@H]2CN(c2nc(NC[C@@H]3CCCO3)nc(N3CCOCC3)n2)C1. The predicted molar refractivity (Wildman–Crippen MR) is 124 cm³/mol. The lowest BCUT2D eigenvalue weighted by atomic mass is 9.83. The molecule has 0 spiro atoms. The van der Waals surface area contributed by atoms with Crippen molar-refractivity contribution < 1.29 is 9.47 Å². The number of hydrogen-bond acceptors (Lipinski definition) is 9. The van der Waals surface area contributed by atoms with Gasteiger partial charge in [0.15, 0.2) is 0 Å². The van der Waals surface area contributed by atoms with Crippen molar-refractivity contribution >= 4 is 17.8 Å². The topological polar surface area (TPSA) is 97.6 Å². The van der Waals surface area contributed by atoms with Gasteiger partial charge in [-0.3, -0.25) is 4.79 Å². The van der Waals surface area contributed by atoms with Crippen LogP contribution in [-0.2, 0) is 16.0 Å². The molecule has 33 heavy (non-hydrogen) atoms. The van der Waals surface area contributed by atoms with Gasteiger partial charge in [-0.25, -0.2) is 0 Å². The van der Waals surface area contributed by atoms with Gasteiger partial charge in [-0.15, -0.1) is 0 Å². The summed E-state index contributed by atoms with van der Waals surface area (Å²) in [6.45, 7) is 6.84. The minimum Gasteiger partial charge on any atom is -0.378 e. The van der Waals surface area contributed by atoms with E-state index >= 15 is 0 Å². The summed E-state index contributed by atoms with van der Waals surface area (Å²) in [6, 6.07) is 5.63. The van der Waals surface area contributed by atoms with Crippen LogP contribution in [0.3, 0.4) is 0 Å². The summed E-state index contributed by atoms with van der Waals surface area (Å²) in [4.78, 5) is 31.3. The summed E-state index contributed by atoms with van der Waals surface area (Å²) in [7, 11) is 0. The van der Waals surface area contributed by atoms with E-state index in [9.17, 15) is 4.79 Å². The summed E-state index contributed by atoms with van der Waals surface area (Å²) >= 11 is 0. The lowest BCUT2D eigenvalue weighted by Gasteiger charge is -2.42. The molecule has 0 saturated carbocycles. The molecule has 0 amide bonds. The summed E-state index contributed by atoms with van der Waals surface area (Å²) in [5.41, 5.74) is 1.23. The Kier molecular flexibility index (Phi) is 5.63. The van der Waals surface area contributed by atoms with Crippen LogP contribution in [0.2, 0.25) is 0 Å². The van der Waals surface area contributed by atoms with Crippen LogP contribution < -0.4 is 20.7 Å². The fourth-order valence-electron chi connectivity index (χ4n) is 5.55. The number of morpholine rings is 1. The van der Waals surface area contributed by atoms with Gasteiger partial charge >= 0.3 is 0 Å². The summed E-state index contributed by atoms with van der Waals surface area (Å²) in [5, 5.41) is 3.40. The zero-order valence-electron chi connectivity index (χ0n) is 18.9. The zero-order chi connectivity index (χ0) is 22.2. The van der Waals surface area contributed by atoms with Crippen LogP contribution in [0.4, 0.5) is 17.8 Å². The second kappa shape index (κ2) is 8.90. The predicted octanol–water partition coefficient (Wildman–Crippen LogP) is 1.08. The Labute approximate surface area is 192 Å². The second-order valence-corrected chi connectivity index (χ2v) is 9.48. The van der Waals surface area contributed by atoms with Crippen LogP contribution in [0.25, 0.3) is 0 Å². The van der Waals surface area contributed by atoms with Gasteiger partial charge in [-0.1, -0.05) is 6.07 Å². The monoisotopic (exact) mass is 453 g/mol. The number of hydrogen-bond donors (Lipinski definition) is 1. The first-order valence-electron chi connectivity index (χ1n) is 12.1. The van der Waals surface area contributed by atoms with E-state index in [-0.39, 0.29) is 11.7 Å². The first-order chi connectivity index (χ1) is 16.2. The third kappa shape index (κ3) is 4.29. The number of piperidine rings is 1. The normalized spacial score (nSPS) is 26.8. The third-order valence-corrected chi connectivity index (χ3v) is 7.18. The van der Waals surface area contributed by atoms with Crippen molar-refractivity contribution in [3.8, 4) is 0 Å². The Balaban J connectivity index is 1.28. The van der Waals surface area contributed by atoms with Crippen molar-refractivity contribution in [3.05, 3.63) is 34.2 Å². The standard InChI is InChI=1S/C23H31N7O3/c31-20-5-1-4-19-17-11-16(14-30(19)20)13-29(15-17)23-26-21(24-12-18-3-2-8-33-18)25-22(27-23)28-6-9-32-10-7-28/h1,4-5,16-18H,2-3,6-15H2,(H,24,25,26,27)/t16-,17+,18+/m1/s1. The van der Waals surface area contributed by atoms with Crippen molar-refractivity contribution in [3.63, 3.8) is 0 Å². The van der Waals surface area contributed by atoms with Crippen LogP contribution in [0, 0.1) is 5.92 Å². The second-order valence-electron chi connectivity index (χ2n) is 9.48. The molecular formula is C23H31N7O3. The van der Waals surface area contributed by atoms with Gasteiger partial charge in [0.2, 0.25) is 17.8 Å². The first-order valence-corrected chi connectivity index (χ1v) is 12.1. The fourth-order valence-corrected chi connectivity index (χ4v) is 5.55. The number of ether oxygens (including phenoxy) is 2. The van der Waals surface area contributed by atoms with E-state index in [0.29, 0.717) is 49.4 Å². The van der Waals surface area contributed by atoms with Crippen LogP contribution in [0.15, 0.2) is 23.0 Å². The molecular weight excluding hydrogens is 422 g/mol. The molecule has 4 aliphatic rings. The highest BCUT2D eigenvalue weighted by molar-refractivity contribution is 5.46. The molecule has 0 unspecified atom stereocenters. The van der Waals surface area contributed by atoms with Crippen LogP contribution in [0.1, 0.15) is 30.9 Å². The van der Waals surface area contributed by atoms with E-state index in [1.54, 1.807) is 6.07 Å². The summed E-state index contributed by atoms with van der Waals surface area (Å²) in [6.07, 6.45) is 3.48. The van der Waals surface area contributed by atoms with E-state index < -0.39 is 0 Å². The highest BCUT2D eigenvalue weighted by atomic mass is 16.5. The molecule has 0 aliphatic carbocycles. The lowest BCUT2D eigenvalue weighted by molar-refractivity contribution is 0.120. The van der Waals surface area contributed by atoms with Gasteiger partial charge in [-0.05, 0) is 31.2 Å². The fraction of sp³-hybridized carbons (Fsp3) is 0.652. The van der Waals surface area contributed by atoms with E-state index in [0.717, 1.165) is 64.3 Å². The van der Waals surface area contributed by atoms with Gasteiger partial charge in [0.05, 0.1) is 19.3 Å². The van der Waals surface area contributed by atoms with Gasteiger partial charge in [-0.2, -0.15) is 15.0 Å². The summed E-state index contributed by atoms with van der Waals surface area (Å²) in [5.74, 6) is 2.72. The average Bonchev–Trinajstić information content (AvgIpc) is 3.38. The molecule has 3 saturated heterocycles. The number of aromatic nitrogens is 4. The molecule has 1 N–H and O–H groups in total. The molecule has 4 aliphatic heterocycles. The van der Waals surface area contributed by atoms with Crippen molar-refractivity contribution in [2.24, 2.45) is 5.92 Å². The Morgan fingerprint density at radius 2 is 1.85 bits per heavy atom. The van der Waals surface area contributed by atoms with E-state index in [4.69, 9.17) is 24.4 Å². The molecule has 6 rings (SSSR count). The smallest absolute Gasteiger partial charge is 0.250 e.